The SMILES string of the molecule is C=CCNC(=O)COC(=O)c1ccccc1SCC(=O)Nc1ccc2c(c1)OCO2. The summed E-state index contributed by atoms with van der Waals surface area (Å²) in [4.78, 5) is 36.8. The summed E-state index contributed by atoms with van der Waals surface area (Å²) < 4.78 is 15.6. The van der Waals surface area contributed by atoms with E-state index in [-0.39, 0.29) is 24.0 Å². The largest absolute Gasteiger partial charge is 0.454 e. The molecule has 2 amide bonds. The summed E-state index contributed by atoms with van der Waals surface area (Å²) in [6.07, 6.45) is 1.53. The van der Waals surface area contributed by atoms with E-state index in [0.717, 1.165) is 0 Å². The minimum atomic E-state index is -0.636. The van der Waals surface area contributed by atoms with Gasteiger partial charge in [0.15, 0.2) is 18.1 Å². The molecule has 156 valence electrons. The van der Waals surface area contributed by atoms with Crippen molar-refractivity contribution in [2.75, 3.05) is 31.0 Å². The lowest BCUT2D eigenvalue weighted by molar-refractivity contribution is -0.124. The first-order chi connectivity index (χ1) is 14.6. The fraction of sp³-hybridized carbons (Fsp3) is 0.190. The van der Waals surface area contributed by atoms with E-state index in [1.807, 2.05) is 0 Å². The quantitative estimate of drug-likeness (QED) is 0.359. The Kier molecular flexibility index (Phi) is 7.34. The Morgan fingerprint density at radius 1 is 1.10 bits per heavy atom. The molecule has 0 unspecified atom stereocenters. The molecule has 1 aliphatic heterocycles. The minimum Gasteiger partial charge on any atom is -0.454 e. The molecule has 0 bridgehead atoms. The van der Waals surface area contributed by atoms with Crippen LogP contribution in [0.25, 0.3) is 0 Å². The van der Waals surface area contributed by atoms with Crippen molar-refractivity contribution in [3.05, 3.63) is 60.7 Å². The molecule has 3 rings (SSSR count). The fourth-order valence-electron chi connectivity index (χ4n) is 2.52. The van der Waals surface area contributed by atoms with Crippen LogP contribution in [0.3, 0.4) is 0 Å². The number of esters is 1. The summed E-state index contributed by atoms with van der Waals surface area (Å²) in [7, 11) is 0. The first-order valence-electron chi connectivity index (χ1n) is 9.03. The van der Waals surface area contributed by atoms with E-state index < -0.39 is 18.5 Å². The predicted molar refractivity (Wildman–Crippen MR) is 112 cm³/mol. The van der Waals surface area contributed by atoms with E-state index >= 15 is 0 Å². The third-order valence-corrected chi connectivity index (χ3v) is 4.97. The molecule has 0 spiro atoms. The third-order valence-electron chi connectivity index (χ3n) is 3.90. The van der Waals surface area contributed by atoms with Crippen LogP contribution in [0.15, 0.2) is 60.0 Å². The van der Waals surface area contributed by atoms with Gasteiger partial charge in [-0.3, -0.25) is 9.59 Å². The summed E-state index contributed by atoms with van der Waals surface area (Å²) in [5.74, 6) is -0.0116. The zero-order valence-corrected chi connectivity index (χ0v) is 16.8. The molecular formula is C21H20N2O6S. The minimum absolute atomic E-state index is 0.0819. The number of anilines is 1. The van der Waals surface area contributed by atoms with Crippen molar-refractivity contribution in [3.63, 3.8) is 0 Å². The number of thioether (sulfide) groups is 1. The number of fused-ring (bicyclic) bond motifs is 1. The van der Waals surface area contributed by atoms with Crippen LogP contribution in [0, 0.1) is 0 Å². The molecular weight excluding hydrogens is 408 g/mol. The number of carbonyl (C=O) groups excluding carboxylic acids is 3. The van der Waals surface area contributed by atoms with Gasteiger partial charge in [0.25, 0.3) is 5.91 Å². The van der Waals surface area contributed by atoms with E-state index in [1.54, 1.807) is 42.5 Å². The highest BCUT2D eigenvalue weighted by atomic mass is 32.2. The molecule has 2 N–H and O–H groups in total. The second-order valence-electron chi connectivity index (χ2n) is 6.07. The van der Waals surface area contributed by atoms with Gasteiger partial charge in [0.1, 0.15) is 0 Å². The van der Waals surface area contributed by atoms with Gasteiger partial charge in [-0.1, -0.05) is 18.2 Å². The molecule has 9 heteroatoms. The van der Waals surface area contributed by atoms with E-state index in [0.29, 0.717) is 28.6 Å². The summed E-state index contributed by atoms with van der Waals surface area (Å²) in [5.41, 5.74) is 0.873. The van der Waals surface area contributed by atoms with Gasteiger partial charge < -0.3 is 24.8 Å². The zero-order chi connectivity index (χ0) is 21.3. The molecule has 1 aliphatic rings. The van der Waals surface area contributed by atoms with Crippen LogP contribution in [0.4, 0.5) is 5.69 Å². The first-order valence-corrected chi connectivity index (χ1v) is 10.0. The normalized spacial score (nSPS) is 11.5. The standard InChI is InChI=1S/C21H20N2O6S/c1-2-9-22-19(24)11-27-21(26)15-5-3-4-6-18(15)30-12-20(25)23-14-7-8-16-17(10-14)29-13-28-16/h2-8,10H,1,9,11-13H2,(H,22,24)(H,23,25). The average Bonchev–Trinajstić information content (AvgIpc) is 3.22. The molecule has 0 aliphatic carbocycles. The Bertz CT molecular complexity index is 962. The van der Waals surface area contributed by atoms with Crippen molar-refractivity contribution < 1.29 is 28.6 Å². The van der Waals surface area contributed by atoms with Gasteiger partial charge in [-0.15, -0.1) is 18.3 Å². The molecule has 8 nitrogen and oxygen atoms in total. The van der Waals surface area contributed by atoms with Crippen molar-refractivity contribution in [2.24, 2.45) is 0 Å². The summed E-state index contributed by atoms with van der Waals surface area (Å²) in [5, 5.41) is 5.30. The highest BCUT2D eigenvalue weighted by Gasteiger charge is 2.17. The summed E-state index contributed by atoms with van der Waals surface area (Å²) in [6, 6.07) is 11.9. The number of nitrogens with one attached hydrogen (secondary N) is 2. The van der Waals surface area contributed by atoms with Gasteiger partial charge in [-0.25, -0.2) is 4.79 Å². The van der Waals surface area contributed by atoms with E-state index in [2.05, 4.69) is 17.2 Å². The van der Waals surface area contributed by atoms with Crippen LogP contribution in [-0.2, 0) is 14.3 Å². The number of benzene rings is 2. The molecule has 30 heavy (non-hydrogen) atoms. The molecule has 0 radical (unpaired) electrons. The smallest absolute Gasteiger partial charge is 0.339 e. The van der Waals surface area contributed by atoms with Gasteiger partial charge in [0.2, 0.25) is 12.7 Å². The molecule has 0 saturated heterocycles. The molecule has 0 aromatic heterocycles. The van der Waals surface area contributed by atoms with Crippen LogP contribution >= 0.6 is 11.8 Å². The second-order valence-corrected chi connectivity index (χ2v) is 7.09. The molecule has 2 aromatic carbocycles. The number of rotatable bonds is 9. The first kappa shape index (κ1) is 21.3. The highest BCUT2D eigenvalue weighted by molar-refractivity contribution is 8.00. The second kappa shape index (κ2) is 10.4. The van der Waals surface area contributed by atoms with E-state index in [4.69, 9.17) is 14.2 Å². The van der Waals surface area contributed by atoms with Crippen molar-refractivity contribution in [1.82, 2.24) is 5.32 Å². The van der Waals surface area contributed by atoms with Gasteiger partial charge in [0.05, 0.1) is 11.3 Å². The van der Waals surface area contributed by atoms with Crippen LogP contribution in [0.2, 0.25) is 0 Å². The average molecular weight is 428 g/mol. The third kappa shape index (κ3) is 5.77. The lowest BCUT2D eigenvalue weighted by atomic mass is 10.2. The van der Waals surface area contributed by atoms with Gasteiger partial charge >= 0.3 is 5.97 Å². The predicted octanol–water partition coefficient (Wildman–Crippen LogP) is 2.61. The maximum atomic E-state index is 12.3. The lowest BCUT2D eigenvalue weighted by Gasteiger charge is -2.10. The number of amides is 2. The maximum Gasteiger partial charge on any atom is 0.339 e. The Balaban J connectivity index is 1.54. The monoisotopic (exact) mass is 428 g/mol. The molecule has 0 saturated carbocycles. The lowest BCUT2D eigenvalue weighted by Crippen LogP contribution is -2.28. The van der Waals surface area contributed by atoms with Crippen molar-refractivity contribution in [2.45, 2.75) is 4.90 Å². The number of hydrogen-bond donors (Lipinski definition) is 2. The Hall–Kier alpha value is -3.46. The summed E-state index contributed by atoms with van der Waals surface area (Å²) in [6.45, 7) is 3.55. The number of carbonyl (C=O) groups is 3. The number of ether oxygens (including phenoxy) is 3. The zero-order valence-electron chi connectivity index (χ0n) is 16.0. The molecule has 2 aromatic rings. The Labute approximate surface area is 177 Å². The van der Waals surface area contributed by atoms with Gasteiger partial charge in [-0.05, 0) is 24.3 Å². The molecule has 1 heterocycles. The maximum absolute atomic E-state index is 12.3. The Morgan fingerprint density at radius 2 is 1.90 bits per heavy atom. The highest BCUT2D eigenvalue weighted by Crippen LogP contribution is 2.34. The fourth-order valence-corrected chi connectivity index (χ4v) is 3.36. The Morgan fingerprint density at radius 3 is 2.73 bits per heavy atom. The van der Waals surface area contributed by atoms with Crippen LogP contribution < -0.4 is 20.1 Å². The van der Waals surface area contributed by atoms with Crippen molar-refractivity contribution in [3.8, 4) is 11.5 Å². The van der Waals surface area contributed by atoms with Gasteiger partial charge in [-0.2, -0.15) is 0 Å². The summed E-state index contributed by atoms with van der Waals surface area (Å²) >= 11 is 1.19. The van der Waals surface area contributed by atoms with Crippen LogP contribution in [0.1, 0.15) is 10.4 Å². The van der Waals surface area contributed by atoms with Crippen LogP contribution in [-0.4, -0.2) is 43.5 Å². The van der Waals surface area contributed by atoms with Crippen molar-refractivity contribution >= 4 is 35.2 Å². The van der Waals surface area contributed by atoms with Gasteiger partial charge in [0, 0.05) is 23.2 Å². The molecule has 0 fully saturated rings. The topological polar surface area (TPSA) is 103 Å². The van der Waals surface area contributed by atoms with E-state index in [9.17, 15) is 14.4 Å². The van der Waals surface area contributed by atoms with Crippen LogP contribution in [0.5, 0.6) is 11.5 Å². The van der Waals surface area contributed by atoms with Crippen molar-refractivity contribution in [1.29, 1.82) is 0 Å². The number of hydrogen-bond acceptors (Lipinski definition) is 7. The van der Waals surface area contributed by atoms with E-state index in [1.165, 1.54) is 17.8 Å². The molecule has 0 atom stereocenters.